The van der Waals surface area contributed by atoms with Gasteiger partial charge in [-0.2, -0.15) is 0 Å². The lowest BCUT2D eigenvalue weighted by molar-refractivity contribution is 0.102. The fraction of sp³-hybridized carbons (Fsp3) is 0.435. The fourth-order valence-electron chi connectivity index (χ4n) is 4.36. The molecule has 2 aromatic rings. The Bertz CT molecular complexity index is 1040. The van der Waals surface area contributed by atoms with Crippen molar-refractivity contribution in [2.75, 3.05) is 30.4 Å². The Hall–Kier alpha value is -2.58. The molecule has 1 saturated carbocycles. The molecule has 0 bridgehead atoms. The Morgan fingerprint density at radius 2 is 1.74 bits per heavy atom. The summed E-state index contributed by atoms with van der Waals surface area (Å²) in [6, 6.07) is 12.1. The van der Waals surface area contributed by atoms with Gasteiger partial charge in [0.05, 0.1) is 18.5 Å². The first-order chi connectivity index (χ1) is 15.0. The molecule has 31 heavy (non-hydrogen) atoms. The molecule has 0 unspecified atom stereocenters. The van der Waals surface area contributed by atoms with Crippen molar-refractivity contribution in [1.82, 2.24) is 4.72 Å². The summed E-state index contributed by atoms with van der Waals surface area (Å²) in [5.41, 5.74) is 1.97. The highest BCUT2D eigenvalue weighted by Crippen LogP contribution is 2.30. The zero-order valence-corrected chi connectivity index (χ0v) is 18.6. The predicted molar refractivity (Wildman–Crippen MR) is 121 cm³/mol. The van der Waals surface area contributed by atoms with Crippen LogP contribution in [-0.2, 0) is 10.0 Å². The summed E-state index contributed by atoms with van der Waals surface area (Å²) in [4.78, 5) is 15.3. The summed E-state index contributed by atoms with van der Waals surface area (Å²) in [6.45, 7) is 1.93. The number of methoxy groups -OCH3 is 1. The summed E-state index contributed by atoms with van der Waals surface area (Å²) in [5.74, 6) is -0.133. The highest BCUT2D eigenvalue weighted by molar-refractivity contribution is 7.89. The van der Waals surface area contributed by atoms with Gasteiger partial charge in [-0.1, -0.05) is 25.0 Å². The van der Waals surface area contributed by atoms with Crippen molar-refractivity contribution in [2.24, 2.45) is 0 Å². The fourth-order valence-corrected chi connectivity index (χ4v) is 5.86. The Morgan fingerprint density at radius 3 is 2.45 bits per heavy atom. The molecule has 8 heteroatoms. The quantitative estimate of drug-likeness (QED) is 0.680. The first-order valence-corrected chi connectivity index (χ1v) is 12.3. The third kappa shape index (κ3) is 4.85. The third-order valence-corrected chi connectivity index (χ3v) is 7.53. The number of nitrogens with zero attached hydrogens (tertiary/aromatic N) is 1. The van der Waals surface area contributed by atoms with E-state index in [-0.39, 0.29) is 28.2 Å². The van der Waals surface area contributed by atoms with Crippen molar-refractivity contribution < 1.29 is 17.9 Å². The molecule has 1 heterocycles. The average Bonchev–Trinajstić information content (AvgIpc) is 3.48. The summed E-state index contributed by atoms with van der Waals surface area (Å²) < 4.78 is 34.0. The average molecular weight is 444 g/mol. The van der Waals surface area contributed by atoms with E-state index in [1.165, 1.54) is 19.2 Å². The second kappa shape index (κ2) is 9.28. The molecule has 2 N–H and O–H groups in total. The van der Waals surface area contributed by atoms with Gasteiger partial charge in [-0.3, -0.25) is 4.79 Å². The number of amides is 1. The number of sulfonamides is 1. The molecule has 1 amide bonds. The van der Waals surface area contributed by atoms with E-state index < -0.39 is 10.0 Å². The van der Waals surface area contributed by atoms with Crippen LogP contribution >= 0.6 is 0 Å². The van der Waals surface area contributed by atoms with E-state index in [1.54, 1.807) is 6.07 Å². The van der Waals surface area contributed by atoms with Crippen LogP contribution in [0.2, 0.25) is 0 Å². The van der Waals surface area contributed by atoms with Crippen LogP contribution in [0.25, 0.3) is 0 Å². The first-order valence-electron chi connectivity index (χ1n) is 10.8. The van der Waals surface area contributed by atoms with Gasteiger partial charge in [-0.25, -0.2) is 13.1 Å². The lowest BCUT2D eigenvalue weighted by Crippen LogP contribution is -2.33. The Balaban J connectivity index is 1.59. The molecular formula is C23H29N3O4S. The van der Waals surface area contributed by atoms with Crippen molar-refractivity contribution in [3.05, 3.63) is 48.0 Å². The molecule has 0 atom stereocenters. The molecule has 0 radical (unpaired) electrons. The Labute approximate surface area is 183 Å². The van der Waals surface area contributed by atoms with Crippen molar-refractivity contribution in [2.45, 2.75) is 49.5 Å². The van der Waals surface area contributed by atoms with Crippen LogP contribution in [0.15, 0.2) is 47.4 Å². The summed E-state index contributed by atoms with van der Waals surface area (Å²) >= 11 is 0. The number of hydrogen-bond donors (Lipinski definition) is 2. The molecular weight excluding hydrogens is 414 g/mol. The van der Waals surface area contributed by atoms with Crippen molar-refractivity contribution in [3.8, 4) is 5.75 Å². The Morgan fingerprint density at radius 1 is 1.03 bits per heavy atom. The van der Waals surface area contributed by atoms with Gasteiger partial charge in [0.25, 0.3) is 5.91 Å². The van der Waals surface area contributed by atoms with E-state index >= 15 is 0 Å². The van der Waals surface area contributed by atoms with Crippen molar-refractivity contribution >= 4 is 27.3 Å². The van der Waals surface area contributed by atoms with Crippen LogP contribution in [0.3, 0.4) is 0 Å². The number of anilines is 2. The zero-order chi connectivity index (χ0) is 21.8. The summed E-state index contributed by atoms with van der Waals surface area (Å²) in [5, 5.41) is 2.96. The van der Waals surface area contributed by atoms with Gasteiger partial charge in [-0.15, -0.1) is 0 Å². The number of carbonyl (C=O) groups excluding carboxylic acids is 1. The number of ether oxygens (including phenoxy) is 1. The standard InChI is InChI=1S/C23H29N3O4S/c1-30-21-13-12-17(16-22(21)31(28,29)25-18-8-2-3-9-18)23(27)24-19-10-4-5-11-20(19)26-14-6-7-15-26/h4-5,10-13,16,18,25H,2-3,6-9,14-15H2,1H3,(H,24,27). The van der Waals surface area contributed by atoms with Gasteiger partial charge in [0.1, 0.15) is 10.6 Å². The van der Waals surface area contributed by atoms with Gasteiger partial charge >= 0.3 is 0 Å². The summed E-state index contributed by atoms with van der Waals surface area (Å²) in [6.07, 6.45) is 5.96. The predicted octanol–water partition coefficient (Wildman–Crippen LogP) is 3.77. The second-order valence-corrected chi connectivity index (χ2v) is 9.82. The molecule has 2 fully saturated rings. The molecule has 1 saturated heterocycles. The lowest BCUT2D eigenvalue weighted by Gasteiger charge is -2.21. The molecule has 2 aliphatic rings. The maximum absolute atomic E-state index is 13.0. The number of nitrogens with one attached hydrogen (secondary N) is 2. The largest absolute Gasteiger partial charge is 0.495 e. The van der Waals surface area contributed by atoms with Crippen LogP contribution in [-0.4, -0.2) is 40.6 Å². The maximum atomic E-state index is 13.0. The minimum Gasteiger partial charge on any atom is -0.495 e. The van der Waals surface area contributed by atoms with Gasteiger partial charge in [-0.05, 0) is 56.0 Å². The molecule has 7 nitrogen and oxygen atoms in total. The highest BCUT2D eigenvalue weighted by atomic mass is 32.2. The van der Waals surface area contributed by atoms with E-state index in [2.05, 4.69) is 14.9 Å². The molecule has 166 valence electrons. The third-order valence-electron chi connectivity index (χ3n) is 5.99. The number of benzene rings is 2. The Kier molecular flexibility index (Phi) is 6.48. The monoisotopic (exact) mass is 443 g/mol. The minimum absolute atomic E-state index is 0.0117. The van der Waals surface area contributed by atoms with Crippen LogP contribution in [0, 0.1) is 0 Å². The second-order valence-electron chi connectivity index (χ2n) is 8.13. The van der Waals surface area contributed by atoms with E-state index in [1.807, 2.05) is 24.3 Å². The molecule has 1 aliphatic carbocycles. The van der Waals surface area contributed by atoms with Crippen LogP contribution < -0.4 is 19.7 Å². The number of para-hydroxylation sites is 2. The maximum Gasteiger partial charge on any atom is 0.255 e. The van der Waals surface area contributed by atoms with Crippen LogP contribution in [0.5, 0.6) is 5.75 Å². The minimum atomic E-state index is -3.80. The summed E-state index contributed by atoms with van der Waals surface area (Å²) in [7, 11) is -2.37. The van der Waals surface area contributed by atoms with Gasteiger partial charge in [0, 0.05) is 24.7 Å². The molecule has 4 rings (SSSR count). The van der Waals surface area contributed by atoms with Crippen molar-refractivity contribution in [1.29, 1.82) is 0 Å². The molecule has 0 spiro atoms. The van der Waals surface area contributed by atoms with E-state index in [0.29, 0.717) is 0 Å². The van der Waals surface area contributed by atoms with E-state index in [0.717, 1.165) is 63.0 Å². The molecule has 1 aliphatic heterocycles. The van der Waals surface area contributed by atoms with Crippen LogP contribution in [0.1, 0.15) is 48.9 Å². The number of carbonyl (C=O) groups is 1. The van der Waals surface area contributed by atoms with Gasteiger partial charge in [0.2, 0.25) is 10.0 Å². The first kappa shape index (κ1) is 21.6. The van der Waals surface area contributed by atoms with E-state index in [4.69, 9.17) is 4.74 Å². The number of rotatable bonds is 7. The molecule has 0 aromatic heterocycles. The smallest absolute Gasteiger partial charge is 0.255 e. The van der Waals surface area contributed by atoms with Crippen LogP contribution in [0.4, 0.5) is 11.4 Å². The van der Waals surface area contributed by atoms with E-state index in [9.17, 15) is 13.2 Å². The van der Waals surface area contributed by atoms with Gasteiger partial charge in [0.15, 0.2) is 0 Å². The normalized spacial score (nSPS) is 17.1. The highest BCUT2D eigenvalue weighted by Gasteiger charge is 2.27. The zero-order valence-electron chi connectivity index (χ0n) is 17.8. The van der Waals surface area contributed by atoms with Crippen molar-refractivity contribution in [3.63, 3.8) is 0 Å². The SMILES string of the molecule is COc1ccc(C(=O)Nc2ccccc2N2CCCC2)cc1S(=O)(=O)NC1CCCC1. The van der Waals surface area contributed by atoms with Gasteiger partial charge < -0.3 is 15.0 Å². The molecule has 2 aromatic carbocycles. The topological polar surface area (TPSA) is 87.7 Å². The number of hydrogen-bond acceptors (Lipinski definition) is 5. The lowest BCUT2D eigenvalue weighted by atomic mass is 10.2.